The van der Waals surface area contributed by atoms with Crippen molar-refractivity contribution in [2.75, 3.05) is 18.4 Å². The normalized spacial score (nSPS) is 17.6. The minimum absolute atomic E-state index is 0.0632. The van der Waals surface area contributed by atoms with Crippen LogP contribution in [0.4, 0.5) is 5.69 Å². The molecule has 2 heterocycles. The van der Waals surface area contributed by atoms with E-state index in [0.717, 1.165) is 29.7 Å². The minimum Gasteiger partial charge on any atom is -0.324 e. The largest absolute Gasteiger partial charge is 0.324 e. The average molecular weight is 283 g/mol. The summed E-state index contributed by atoms with van der Waals surface area (Å²) >= 11 is 0. The maximum Gasteiger partial charge on any atom is 0.241 e. The third kappa shape index (κ3) is 3.05. The number of carbonyl (C=O) groups excluding carboxylic acids is 1. The summed E-state index contributed by atoms with van der Waals surface area (Å²) in [5.74, 6) is 0.0632. The molecule has 0 aliphatic carbocycles. The van der Waals surface area contributed by atoms with Crippen molar-refractivity contribution < 1.29 is 4.79 Å². The highest BCUT2D eigenvalue weighted by molar-refractivity contribution is 6.02. The fourth-order valence-corrected chi connectivity index (χ4v) is 2.92. The molecule has 4 nitrogen and oxygen atoms in total. The lowest BCUT2D eigenvalue weighted by molar-refractivity contribution is -0.121. The number of carbonyl (C=O) groups is 1. The molecule has 0 saturated carbocycles. The van der Waals surface area contributed by atoms with Gasteiger partial charge in [0.1, 0.15) is 0 Å². The van der Waals surface area contributed by atoms with Crippen molar-refractivity contribution in [3.8, 4) is 0 Å². The fourth-order valence-electron chi connectivity index (χ4n) is 2.92. The third-order valence-electron chi connectivity index (χ3n) is 4.22. The summed E-state index contributed by atoms with van der Waals surface area (Å²) in [4.78, 5) is 19.1. The highest BCUT2D eigenvalue weighted by Gasteiger charge is 2.23. The molecule has 1 atom stereocenters. The van der Waals surface area contributed by atoms with E-state index in [-0.39, 0.29) is 11.9 Å². The van der Waals surface area contributed by atoms with Gasteiger partial charge >= 0.3 is 0 Å². The van der Waals surface area contributed by atoms with E-state index in [4.69, 9.17) is 0 Å². The summed E-state index contributed by atoms with van der Waals surface area (Å²) in [7, 11) is 0. The Bertz CT molecular complexity index is 629. The van der Waals surface area contributed by atoms with Crippen LogP contribution in [0, 0.1) is 0 Å². The van der Waals surface area contributed by atoms with Crippen LogP contribution in [0.25, 0.3) is 10.9 Å². The number of anilines is 1. The Balaban J connectivity index is 1.76. The number of hydrogen-bond acceptors (Lipinski definition) is 3. The molecule has 0 bridgehead atoms. The van der Waals surface area contributed by atoms with Crippen LogP contribution in [0.5, 0.6) is 0 Å². The molecule has 1 aliphatic heterocycles. The number of rotatable bonds is 3. The summed E-state index contributed by atoms with van der Waals surface area (Å²) in [5.41, 5.74) is 1.75. The second-order valence-electron chi connectivity index (χ2n) is 5.64. The summed E-state index contributed by atoms with van der Waals surface area (Å²) in [5, 5.41) is 4.05. The molecule has 1 saturated heterocycles. The Morgan fingerprint density at radius 2 is 2.00 bits per heavy atom. The zero-order valence-corrected chi connectivity index (χ0v) is 12.4. The Morgan fingerprint density at radius 1 is 1.19 bits per heavy atom. The van der Waals surface area contributed by atoms with Crippen LogP contribution in [0.15, 0.2) is 36.5 Å². The highest BCUT2D eigenvalue weighted by atomic mass is 16.2. The van der Waals surface area contributed by atoms with Crippen molar-refractivity contribution in [1.29, 1.82) is 0 Å². The number of fused-ring (bicyclic) bond motifs is 1. The van der Waals surface area contributed by atoms with Crippen molar-refractivity contribution in [3.63, 3.8) is 0 Å². The molecular formula is C17H21N3O. The van der Waals surface area contributed by atoms with Gasteiger partial charge in [-0.3, -0.25) is 14.7 Å². The Morgan fingerprint density at radius 3 is 2.81 bits per heavy atom. The minimum atomic E-state index is -0.0859. The van der Waals surface area contributed by atoms with Gasteiger partial charge in [0, 0.05) is 11.6 Å². The number of piperidine rings is 1. The first-order valence-electron chi connectivity index (χ1n) is 7.64. The molecule has 0 unspecified atom stereocenters. The van der Waals surface area contributed by atoms with Crippen LogP contribution in [-0.2, 0) is 4.79 Å². The number of hydrogen-bond donors (Lipinski definition) is 1. The van der Waals surface area contributed by atoms with Gasteiger partial charge in [0.2, 0.25) is 5.91 Å². The van der Waals surface area contributed by atoms with Crippen LogP contribution in [0.1, 0.15) is 26.2 Å². The van der Waals surface area contributed by atoms with Gasteiger partial charge in [0.05, 0.1) is 17.2 Å². The molecule has 1 aromatic carbocycles. The summed E-state index contributed by atoms with van der Waals surface area (Å²) in [6.45, 7) is 4.03. The number of aromatic nitrogens is 1. The van der Waals surface area contributed by atoms with Gasteiger partial charge in [-0.25, -0.2) is 0 Å². The Labute approximate surface area is 125 Å². The Kier molecular flexibility index (Phi) is 4.15. The SMILES string of the molecule is C[C@@H](C(=O)Nc1cccc2ncccc12)N1CCCCC1. The van der Waals surface area contributed by atoms with E-state index in [1.54, 1.807) is 6.20 Å². The monoisotopic (exact) mass is 283 g/mol. The number of pyridine rings is 1. The van der Waals surface area contributed by atoms with Gasteiger partial charge in [0.15, 0.2) is 0 Å². The van der Waals surface area contributed by atoms with E-state index in [9.17, 15) is 4.79 Å². The average Bonchev–Trinajstić information content (AvgIpc) is 2.55. The predicted molar refractivity (Wildman–Crippen MR) is 85.3 cm³/mol. The summed E-state index contributed by atoms with van der Waals surface area (Å²) in [6, 6.07) is 9.62. The smallest absolute Gasteiger partial charge is 0.241 e. The van der Waals surface area contributed by atoms with Crippen molar-refractivity contribution in [2.24, 2.45) is 0 Å². The molecule has 21 heavy (non-hydrogen) atoms. The number of likely N-dealkylation sites (tertiary alicyclic amines) is 1. The topological polar surface area (TPSA) is 45.2 Å². The first-order valence-corrected chi connectivity index (χ1v) is 7.64. The molecule has 2 aromatic rings. The van der Waals surface area contributed by atoms with Crippen molar-refractivity contribution in [1.82, 2.24) is 9.88 Å². The Hall–Kier alpha value is -1.94. The maximum absolute atomic E-state index is 12.5. The molecule has 0 radical (unpaired) electrons. The lowest BCUT2D eigenvalue weighted by Gasteiger charge is -2.31. The first-order chi connectivity index (χ1) is 10.3. The summed E-state index contributed by atoms with van der Waals surface area (Å²) < 4.78 is 0. The highest BCUT2D eigenvalue weighted by Crippen LogP contribution is 2.22. The number of benzene rings is 1. The third-order valence-corrected chi connectivity index (χ3v) is 4.22. The molecule has 1 aliphatic rings. The number of nitrogens with one attached hydrogen (secondary N) is 1. The van der Waals surface area contributed by atoms with Crippen LogP contribution in [0.2, 0.25) is 0 Å². The molecule has 3 rings (SSSR count). The lowest BCUT2D eigenvalue weighted by atomic mass is 10.1. The van der Waals surface area contributed by atoms with Crippen LogP contribution in [0.3, 0.4) is 0 Å². The molecule has 110 valence electrons. The van der Waals surface area contributed by atoms with Gasteiger partial charge in [-0.2, -0.15) is 0 Å². The molecular weight excluding hydrogens is 262 g/mol. The van der Waals surface area contributed by atoms with Crippen molar-refractivity contribution >= 4 is 22.5 Å². The van der Waals surface area contributed by atoms with E-state index in [2.05, 4.69) is 15.2 Å². The second kappa shape index (κ2) is 6.22. The molecule has 1 amide bonds. The zero-order valence-electron chi connectivity index (χ0n) is 12.4. The standard InChI is InChI=1S/C17H21N3O/c1-13(20-11-3-2-4-12-20)17(21)19-16-9-5-8-15-14(16)7-6-10-18-15/h5-10,13H,2-4,11-12H2,1H3,(H,19,21)/t13-/m0/s1. The number of nitrogens with zero attached hydrogens (tertiary/aromatic N) is 2. The molecule has 1 aromatic heterocycles. The van der Waals surface area contributed by atoms with Gasteiger partial charge in [0.25, 0.3) is 0 Å². The van der Waals surface area contributed by atoms with Crippen LogP contribution in [-0.4, -0.2) is 34.9 Å². The van der Waals surface area contributed by atoms with E-state index in [1.807, 2.05) is 37.3 Å². The van der Waals surface area contributed by atoms with E-state index >= 15 is 0 Å². The van der Waals surface area contributed by atoms with Gasteiger partial charge in [-0.05, 0) is 57.1 Å². The lowest BCUT2D eigenvalue weighted by Crippen LogP contribution is -2.44. The second-order valence-corrected chi connectivity index (χ2v) is 5.64. The predicted octanol–water partition coefficient (Wildman–Crippen LogP) is 3.05. The quantitative estimate of drug-likeness (QED) is 0.941. The maximum atomic E-state index is 12.5. The molecule has 1 fully saturated rings. The van der Waals surface area contributed by atoms with Crippen molar-refractivity contribution in [3.05, 3.63) is 36.5 Å². The van der Waals surface area contributed by atoms with E-state index in [0.29, 0.717) is 0 Å². The fraction of sp³-hybridized carbons (Fsp3) is 0.412. The van der Waals surface area contributed by atoms with Gasteiger partial charge in [-0.15, -0.1) is 0 Å². The van der Waals surface area contributed by atoms with Crippen molar-refractivity contribution in [2.45, 2.75) is 32.2 Å². The molecule has 1 N–H and O–H groups in total. The molecule has 4 heteroatoms. The van der Waals surface area contributed by atoms with Crippen LogP contribution >= 0.6 is 0 Å². The van der Waals surface area contributed by atoms with E-state index in [1.165, 1.54) is 19.3 Å². The van der Waals surface area contributed by atoms with E-state index < -0.39 is 0 Å². The van der Waals surface area contributed by atoms with Gasteiger partial charge < -0.3 is 5.32 Å². The number of amides is 1. The molecule has 0 spiro atoms. The first kappa shape index (κ1) is 14.0. The summed E-state index contributed by atoms with van der Waals surface area (Å²) in [6.07, 6.45) is 5.43. The zero-order chi connectivity index (χ0) is 14.7. The van der Waals surface area contributed by atoms with Crippen LogP contribution < -0.4 is 5.32 Å². The van der Waals surface area contributed by atoms with Gasteiger partial charge in [-0.1, -0.05) is 12.5 Å².